The number of hydrogen-bond donors (Lipinski definition) is 1. The maximum absolute atomic E-state index is 13.0. The van der Waals surface area contributed by atoms with Gasteiger partial charge in [-0.15, -0.1) is 0 Å². The third-order valence-corrected chi connectivity index (χ3v) is 5.83. The zero-order chi connectivity index (χ0) is 14.9. The number of aromatic nitrogens is 1. The van der Waals surface area contributed by atoms with Crippen molar-refractivity contribution in [1.29, 1.82) is 0 Å². The summed E-state index contributed by atoms with van der Waals surface area (Å²) in [5.41, 5.74) is 0.608. The summed E-state index contributed by atoms with van der Waals surface area (Å²) in [4.78, 5) is 4.15. The summed E-state index contributed by atoms with van der Waals surface area (Å²) in [5, 5.41) is 3.28. The molecule has 0 spiro atoms. The lowest BCUT2D eigenvalue weighted by atomic mass is 10.4. The molecule has 21 heavy (non-hydrogen) atoms. The van der Waals surface area contributed by atoms with E-state index in [4.69, 9.17) is 0 Å². The predicted octanol–water partition coefficient (Wildman–Crippen LogP) is 2.32. The van der Waals surface area contributed by atoms with Gasteiger partial charge in [0.2, 0.25) is 0 Å². The van der Waals surface area contributed by atoms with Crippen LogP contribution in [0.25, 0.3) is 0 Å². The van der Waals surface area contributed by atoms with Crippen LogP contribution in [0, 0.1) is 11.8 Å². The molecule has 0 bridgehead atoms. The van der Waals surface area contributed by atoms with Crippen LogP contribution in [0.5, 0.6) is 0 Å². The highest BCUT2D eigenvalue weighted by Gasteiger charge is 2.37. The number of nitrogens with one attached hydrogen (secondary N) is 1. The largest absolute Gasteiger partial charge is 0.383 e. The molecule has 0 aliphatic heterocycles. The molecule has 1 N–H and O–H groups in total. The van der Waals surface area contributed by atoms with Crippen molar-refractivity contribution < 1.29 is 8.42 Å². The molecule has 2 fully saturated rings. The Kier molecular flexibility index (Phi) is 4.17. The first kappa shape index (κ1) is 14.8. The van der Waals surface area contributed by atoms with Crippen LogP contribution in [0.2, 0.25) is 0 Å². The number of pyridine rings is 1. The molecule has 1 heterocycles. The smallest absolute Gasteiger partial charge is 0.262 e. The molecule has 0 saturated heterocycles. The third kappa shape index (κ3) is 3.55. The minimum absolute atomic E-state index is 0.174. The van der Waals surface area contributed by atoms with Gasteiger partial charge in [-0.3, -0.25) is 0 Å². The fraction of sp³-hybridized carbons (Fsp3) is 0.667. The van der Waals surface area contributed by atoms with Gasteiger partial charge in [-0.1, -0.05) is 0 Å². The minimum Gasteiger partial charge on any atom is -0.383 e. The van der Waals surface area contributed by atoms with Gasteiger partial charge in [-0.2, -0.15) is 4.31 Å². The van der Waals surface area contributed by atoms with Gasteiger partial charge in [-0.05, 0) is 56.6 Å². The normalized spacial score (nSPS) is 19.0. The quantitative estimate of drug-likeness (QED) is 0.800. The summed E-state index contributed by atoms with van der Waals surface area (Å²) < 4.78 is 27.6. The van der Waals surface area contributed by atoms with Crippen LogP contribution in [-0.4, -0.2) is 37.3 Å². The second-order valence-corrected chi connectivity index (χ2v) is 7.95. The number of nitrogens with zero attached hydrogens (tertiary/aromatic N) is 2. The van der Waals surface area contributed by atoms with E-state index < -0.39 is 10.0 Å². The fourth-order valence-corrected chi connectivity index (χ4v) is 4.16. The van der Waals surface area contributed by atoms with Crippen molar-refractivity contribution in [1.82, 2.24) is 9.29 Å². The molecule has 6 heteroatoms. The summed E-state index contributed by atoms with van der Waals surface area (Å²) in [5.74, 6) is 1.09. The van der Waals surface area contributed by atoms with E-state index in [9.17, 15) is 8.42 Å². The van der Waals surface area contributed by atoms with Gasteiger partial charge >= 0.3 is 0 Å². The van der Waals surface area contributed by atoms with Crippen molar-refractivity contribution in [3.63, 3.8) is 0 Å². The molecule has 1 aromatic rings. The molecule has 1 aromatic heterocycles. The first-order valence-corrected chi connectivity index (χ1v) is 9.24. The highest BCUT2D eigenvalue weighted by atomic mass is 32.2. The van der Waals surface area contributed by atoms with Crippen LogP contribution in [0.4, 0.5) is 5.69 Å². The Bertz CT molecular complexity index is 581. The maximum atomic E-state index is 13.0. The van der Waals surface area contributed by atoms with Crippen LogP contribution in [-0.2, 0) is 10.0 Å². The van der Waals surface area contributed by atoms with Gasteiger partial charge in [0, 0.05) is 25.8 Å². The van der Waals surface area contributed by atoms with Gasteiger partial charge in [0.05, 0.1) is 5.69 Å². The van der Waals surface area contributed by atoms with Crippen molar-refractivity contribution in [3.8, 4) is 0 Å². The molecule has 116 valence electrons. The summed E-state index contributed by atoms with van der Waals surface area (Å²) in [6.07, 6.45) is 6.16. The number of sulfonamides is 1. The van der Waals surface area contributed by atoms with Crippen molar-refractivity contribution >= 4 is 15.7 Å². The summed E-state index contributed by atoms with van der Waals surface area (Å²) in [7, 11) is -3.50. The average molecular weight is 309 g/mol. The molecule has 2 aliphatic carbocycles. The Hall–Kier alpha value is -1.14. The van der Waals surface area contributed by atoms with Crippen LogP contribution < -0.4 is 5.32 Å². The molecular formula is C15H23N3O2S. The Labute approximate surface area is 126 Å². The molecular weight excluding hydrogens is 286 g/mol. The molecule has 0 radical (unpaired) electrons. The summed E-state index contributed by atoms with van der Waals surface area (Å²) >= 11 is 0. The first-order chi connectivity index (χ1) is 10.1. The van der Waals surface area contributed by atoms with Crippen LogP contribution in [0.3, 0.4) is 0 Å². The second kappa shape index (κ2) is 5.93. The van der Waals surface area contributed by atoms with E-state index in [2.05, 4.69) is 10.3 Å². The van der Waals surface area contributed by atoms with Gasteiger partial charge < -0.3 is 5.32 Å². The highest BCUT2D eigenvalue weighted by molar-refractivity contribution is 7.89. The monoisotopic (exact) mass is 309 g/mol. The zero-order valence-corrected chi connectivity index (χ0v) is 13.3. The Morgan fingerprint density at radius 2 is 1.86 bits per heavy atom. The van der Waals surface area contributed by atoms with Crippen molar-refractivity contribution in [2.75, 3.05) is 25.0 Å². The van der Waals surface area contributed by atoms with Crippen molar-refractivity contribution in [3.05, 3.63) is 18.3 Å². The maximum Gasteiger partial charge on any atom is 0.262 e. The van der Waals surface area contributed by atoms with Gasteiger partial charge in [-0.25, -0.2) is 13.4 Å². The van der Waals surface area contributed by atoms with E-state index in [1.807, 2.05) is 6.92 Å². The molecule has 3 rings (SSSR count). The van der Waals surface area contributed by atoms with E-state index in [0.717, 1.165) is 25.7 Å². The SMILES string of the molecule is CCNc1cccnc1S(=O)(=O)N(CC1CC1)CC1CC1. The number of hydrogen-bond acceptors (Lipinski definition) is 4. The molecule has 0 atom stereocenters. The van der Waals surface area contributed by atoms with E-state index in [1.54, 1.807) is 22.6 Å². The average Bonchev–Trinajstić information content (AvgIpc) is 3.34. The van der Waals surface area contributed by atoms with Gasteiger partial charge in [0.15, 0.2) is 5.03 Å². The van der Waals surface area contributed by atoms with E-state index in [0.29, 0.717) is 37.2 Å². The van der Waals surface area contributed by atoms with E-state index >= 15 is 0 Å². The van der Waals surface area contributed by atoms with E-state index in [1.165, 1.54) is 0 Å². The standard InChI is InChI=1S/C15H23N3O2S/c1-2-16-14-4-3-9-17-15(14)21(19,20)18(10-12-5-6-12)11-13-7-8-13/h3-4,9,12-13,16H,2,5-8,10-11H2,1H3. The first-order valence-electron chi connectivity index (χ1n) is 7.80. The number of rotatable bonds is 8. The molecule has 5 nitrogen and oxygen atoms in total. The van der Waals surface area contributed by atoms with Gasteiger partial charge in [0.25, 0.3) is 10.0 Å². The lowest BCUT2D eigenvalue weighted by Crippen LogP contribution is -2.35. The number of anilines is 1. The Morgan fingerprint density at radius 3 is 2.38 bits per heavy atom. The lowest BCUT2D eigenvalue weighted by molar-refractivity contribution is 0.381. The second-order valence-electron chi connectivity index (χ2n) is 6.10. The summed E-state index contributed by atoms with van der Waals surface area (Å²) in [6, 6.07) is 3.55. The topological polar surface area (TPSA) is 62.3 Å². The van der Waals surface area contributed by atoms with Crippen LogP contribution in [0.1, 0.15) is 32.6 Å². The van der Waals surface area contributed by atoms with Crippen molar-refractivity contribution in [2.45, 2.75) is 37.6 Å². The van der Waals surface area contributed by atoms with Gasteiger partial charge in [0.1, 0.15) is 0 Å². The summed E-state index contributed by atoms with van der Waals surface area (Å²) in [6.45, 7) is 3.94. The Morgan fingerprint density at radius 1 is 1.24 bits per heavy atom. The molecule has 0 amide bonds. The fourth-order valence-electron chi connectivity index (χ4n) is 2.49. The molecule has 0 unspecified atom stereocenters. The van der Waals surface area contributed by atoms with Crippen molar-refractivity contribution in [2.24, 2.45) is 11.8 Å². The minimum atomic E-state index is -3.50. The highest BCUT2D eigenvalue weighted by Crippen LogP contribution is 2.36. The molecule has 2 saturated carbocycles. The van der Waals surface area contributed by atoms with E-state index in [-0.39, 0.29) is 5.03 Å². The molecule has 0 aromatic carbocycles. The molecule has 2 aliphatic rings. The lowest BCUT2D eigenvalue weighted by Gasteiger charge is -2.22. The predicted molar refractivity (Wildman–Crippen MR) is 82.6 cm³/mol. The third-order valence-electron chi connectivity index (χ3n) is 4.04. The zero-order valence-electron chi connectivity index (χ0n) is 12.5. The Balaban J connectivity index is 1.88. The van der Waals surface area contributed by atoms with Crippen LogP contribution >= 0.6 is 0 Å². The van der Waals surface area contributed by atoms with Crippen LogP contribution in [0.15, 0.2) is 23.4 Å².